The normalized spacial score (nSPS) is 24.8. The molecule has 1 aromatic heterocycles. The molecular weight excluding hydrogens is 420 g/mol. The topological polar surface area (TPSA) is 66.1 Å². The van der Waals surface area contributed by atoms with E-state index in [-0.39, 0.29) is 23.0 Å². The van der Waals surface area contributed by atoms with Gasteiger partial charge in [-0.1, -0.05) is 64.8 Å². The summed E-state index contributed by atoms with van der Waals surface area (Å²) in [6.45, 7) is 12.8. The molecule has 2 aromatic rings. The van der Waals surface area contributed by atoms with Gasteiger partial charge in [0.15, 0.2) is 0 Å². The van der Waals surface area contributed by atoms with Crippen molar-refractivity contribution in [3.05, 3.63) is 63.5 Å². The molecule has 34 heavy (non-hydrogen) atoms. The smallest absolute Gasteiger partial charge is 0.111 e. The van der Waals surface area contributed by atoms with Crippen molar-refractivity contribution in [1.82, 2.24) is 4.98 Å². The van der Waals surface area contributed by atoms with Gasteiger partial charge < -0.3 is 9.84 Å². The van der Waals surface area contributed by atoms with Crippen LogP contribution in [0.5, 0.6) is 0 Å². The first-order valence-corrected chi connectivity index (χ1v) is 12.9. The van der Waals surface area contributed by atoms with Crippen LogP contribution >= 0.6 is 0 Å². The molecule has 0 amide bonds. The van der Waals surface area contributed by atoms with E-state index in [1.54, 1.807) is 0 Å². The van der Waals surface area contributed by atoms with Gasteiger partial charge in [-0.15, -0.1) is 0 Å². The lowest BCUT2D eigenvalue weighted by atomic mass is 9.70. The maximum Gasteiger partial charge on any atom is 0.111 e. The molecule has 5 rings (SSSR count). The molecule has 0 saturated heterocycles. The number of benzene rings is 1. The van der Waals surface area contributed by atoms with Crippen LogP contribution in [-0.4, -0.2) is 10.1 Å². The van der Waals surface area contributed by atoms with Gasteiger partial charge in [0.2, 0.25) is 0 Å². The number of aliphatic hydroxyl groups is 1. The number of hydrogen-bond donors (Lipinski definition) is 1. The van der Waals surface area contributed by atoms with Gasteiger partial charge in [-0.2, -0.15) is 5.26 Å². The number of aliphatic hydroxyl groups excluding tert-OH is 1. The lowest BCUT2D eigenvalue weighted by Gasteiger charge is -2.38. The van der Waals surface area contributed by atoms with E-state index in [1.165, 1.54) is 11.1 Å². The van der Waals surface area contributed by atoms with Crippen molar-refractivity contribution in [2.75, 3.05) is 0 Å². The predicted octanol–water partition coefficient (Wildman–Crippen LogP) is 6.90. The van der Waals surface area contributed by atoms with Crippen LogP contribution in [0.2, 0.25) is 0 Å². The molecule has 0 bridgehead atoms. The van der Waals surface area contributed by atoms with Gasteiger partial charge in [0.25, 0.3) is 0 Å². The first-order valence-electron chi connectivity index (χ1n) is 12.9. The zero-order valence-electron chi connectivity index (χ0n) is 21.5. The third kappa shape index (κ3) is 3.60. The van der Waals surface area contributed by atoms with Crippen LogP contribution < -0.4 is 0 Å². The summed E-state index contributed by atoms with van der Waals surface area (Å²) < 4.78 is 7.06. The van der Waals surface area contributed by atoms with Crippen LogP contribution in [0.15, 0.2) is 24.3 Å². The molecule has 2 heterocycles. The van der Waals surface area contributed by atoms with Gasteiger partial charge in [0.1, 0.15) is 6.10 Å². The quantitative estimate of drug-likeness (QED) is 0.543. The fraction of sp³-hybridized carbons (Fsp3) is 0.600. The Labute approximate surface area is 204 Å². The number of fused-ring (bicyclic) bond motifs is 4. The molecule has 4 heteroatoms. The van der Waals surface area contributed by atoms with Crippen LogP contribution in [0.25, 0.3) is 0 Å². The summed E-state index contributed by atoms with van der Waals surface area (Å²) in [6, 6.07) is 10.8. The lowest BCUT2D eigenvalue weighted by Crippen LogP contribution is -2.32. The fourth-order valence-electron chi connectivity index (χ4n) is 6.56. The summed E-state index contributed by atoms with van der Waals surface area (Å²) in [6.07, 6.45) is 5.26. The largest absolute Gasteiger partial charge is 0.388 e. The molecule has 1 N–H and O–H groups in total. The van der Waals surface area contributed by atoms with Crippen molar-refractivity contribution >= 4 is 0 Å². The molecule has 2 atom stereocenters. The van der Waals surface area contributed by atoms with Crippen molar-refractivity contribution in [3.8, 4) is 6.07 Å². The third-order valence-corrected chi connectivity index (χ3v) is 8.34. The molecule has 0 radical (unpaired) electrons. The van der Waals surface area contributed by atoms with Gasteiger partial charge in [-0.25, -0.2) is 0 Å². The second-order valence-electron chi connectivity index (χ2n) is 12.4. The molecule has 180 valence electrons. The number of ether oxygens (including phenoxy) is 1. The van der Waals surface area contributed by atoms with Gasteiger partial charge in [-0.3, -0.25) is 4.98 Å². The molecular formula is C30H38N2O2. The van der Waals surface area contributed by atoms with Gasteiger partial charge >= 0.3 is 0 Å². The van der Waals surface area contributed by atoms with Crippen molar-refractivity contribution < 1.29 is 9.84 Å². The molecule has 3 aliphatic rings. The number of hydrogen-bond acceptors (Lipinski definition) is 4. The van der Waals surface area contributed by atoms with E-state index in [1.807, 2.05) is 13.8 Å². The number of aromatic nitrogens is 1. The summed E-state index contributed by atoms with van der Waals surface area (Å²) in [4.78, 5) is 5.25. The molecule has 1 aromatic carbocycles. The second kappa shape index (κ2) is 7.90. The van der Waals surface area contributed by atoms with E-state index in [4.69, 9.17) is 9.72 Å². The zero-order chi connectivity index (χ0) is 24.5. The van der Waals surface area contributed by atoms with Crippen LogP contribution in [0, 0.1) is 16.7 Å². The average molecular weight is 459 g/mol. The molecule has 1 fully saturated rings. The van der Waals surface area contributed by atoms with Gasteiger partial charge in [0.05, 0.1) is 23.2 Å². The standard InChI is InChI=1S/C30H38N2O2/c1-18(2)26-24-25(23-21(32-26)15-28(3,4)16-22(23)33)30(13-7-8-14-30)34-27(24)19-9-11-20(12-10-19)29(5,6)17-31/h9-12,18,22,27,33H,7-8,13-16H2,1-6H3/t22?,27-/m0/s1. The Morgan fingerprint density at radius 1 is 1.12 bits per heavy atom. The number of pyridine rings is 1. The molecule has 2 aliphatic carbocycles. The average Bonchev–Trinajstić information content (AvgIpc) is 3.38. The lowest BCUT2D eigenvalue weighted by molar-refractivity contribution is -0.0580. The van der Waals surface area contributed by atoms with E-state index in [9.17, 15) is 10.4 Å². The molecule has 1 unspecified atom stereocenters. The fourth-order valence-corrected chi connectivity index (χ4v) is 6.56. The van der Waals surface area contributed by atoms with E-state index in [0.29, 0.717) is 0 Å². The minimum absolute atomic E-state index is 0.0347. The first kappa shape index (κ1) is 23.5. The van der Waals surface area contributed by atoms with Crippen molar-refractivity contribution in [3.63, 3.8) is 0 Å². The maximum atomic E-state index is 11.4. The summed E-state index contributed by atoms with van der Waals surface area (Å²) in [5.74, 6) is 0.265. The number of nitrogens with zero attached hydrogens (tertiary/aromatic N) is 2. The molecule has 1 saturated carbocycles. The Bertz CT molecular complexity index is 1150. The van der Waals surface area contributed by atoms with E-state index < -0.39 is 11.5 Å². The summed E-state index contributed by atoms with van der Waals surface area (Å²) >= 11 is 0. The molecule has 1 spiro atoms. The Balaban J connectivity index is 1.72. The summed E-state index contributed by atoms with van der Waals surface area (Å²) in [5.41, 5.74) is 7.01. The highest BCUT2D eigenvalue weighted by molar-refractivity contribution is 5.54. The van der Waals surface area contributed by atoms with E-state index in [2.05, 4.69) is 58.0 Å². The van der Waals surface area contributed by atoms with E-state index in [0.717, 1.165) is 66.6 Å². The van der Waals surface area contributed by atoms with Crippen molar-refractivity contribution in [2.45, 2.75) is 109 Å². The highest BCUT2D eigenvalue weighted by atomic mass is 16.5. The highest BCUT2D eigenvalue weighted by Crippen LogP contribution is 2.59. The highest BCUT2D eigenvalue weighted by Gasteiger charge is 2.52. The second-order valence-corrected chi connectivity index (χ2v) is 12.4. The predicted molar refractivity (Wildman–Crippen MR) is 134 cm³/mol. The maximum absolute atomic E-state index is 11.4. The molecule has 1 aliphatic heterocycles. The van der Waals surface area contributed by atoms with E-state index >= 15 is 0 Å². The summed E-state index contributed by atoms with van der Waals surface area (Å²) in [5, 5.41) is 21.0. The third-order valence-electron chi connectivity index (χ3n) is 8.34. The SMILES string of the molecule is CC(C)c1nc2c(c3c1[C@H](c1ccc(C(C)(C)C#N)cc1)OC31CCCC1)C(O)CC(C)(C)C2. The van der Waals surface area contributed by atoms with Crippen LogP contribution in [0.3, 0.4) is 0 Å². The minimum atomic E-state index is -0.527. The van der Waals surface area contributed by atoms with Gasteiger partial charge in [-0.05, 0) is 67.6 Å². The van der Waals surface area contributed by atoms with Crippen LogP contribution in [0.1, 0.15) is 131 Å². The first-order chi connectivity index (χ1) is 16.0. The monoisotopic (exact) mass is 458 g/mol. The number of rotatable bonds is 3. The minimum Gasteiger partial charge on any atom is -0.388 e. The zero-order valence-corrected chi connectivity index (χ0v) is 21.5. The Morgan fingerprint density at radius 3 is 2.35 bits per heavy atom. The molecule has 4 nitrogen and oxygen atoms in total. The summed E-state index contributed by atoms with van der Waals surface area (Å²) in [7, 11) is 0. The van der Waals surface area contributed by atoms with Crippen molar-refractivity contribution in [2.24, 2.45) is 5.41 Å². The Kier molecular flexibility index (Phi) is 5.47. The van der Waals surface area contributed by atoms with Gasteiger partial charge in [0, 0.05) is 22.5 Å². The van der Waals surface area contributed by atoms with Crippen LogP contribution in [-0.2, 0) is 22.2 Å². The number of nitriles is 1. The van der Waals surface area contributed by atoms with Crippen LogP contribution in [0.4, 0.5) is 0 Å². The Hall–Kier alpha value is -2.22. The van der Waals surface area contributed by atoms with Crippen molar-refractivity contribution in [1.29, 1.82) is 5.26 Å². The Morgan fingerprint density at radius 2 is 1.76 bits per heavy atom.